The van der Waals surface area contributed by atoms with Gasteiger partial charge in [-0.1, -0.05) is 32.0 Å². The Morgan fingerprint density at radius 1 is 1.04 bits per heavy atom. The number of nitrogens with one attached hydrogen (secondary N) is 1. The first-order valence-electron chi connectivity index (χ1n) is 9.49. The zero-order valence-corrected chi connectivity index (χ0v) is 16.4. The molecule has 1 aliphatic rings. The lowest BCUT2D eigenvalue weighted by Gasteiger charge is -2.35. The van der Waals surface area contributed by atoms with Crippen molar-refractivity contribution < 1.29 is 14.4 Å². The summed E-state index contributed by atoms with van der Waals surface area (Å²) in [6, 6.07) is 6.45. The van der Waals surface area contributed by atoms with Gasteiger partial charge in [0, 0.05) is 50.7 Å². The molecule has 0 saturated carbocycles. The Morgan fingerprint density at radius 2 is 1.63 bits per heavy atom. The van der Waals surface area contributed by atoms with Crippen LogP contribution in [0.4, 0.5) is 0 Å². The van der Waals surface area contributed by atoms with Gasteiger partial charge in [0.25, 0.3) is 5.91 Å². The molecule has 27 heavy (non-hydrogen) atoms. The summed E-state index contributed by atoms with van der Waals surface area (Å²) < 4.78 is 0. The fraction of sp³-hybridized carbons (Fsp3) is 0.550. The molecule has 1 aromatic carbocycles. The van der Waals surface area contributed by atoms with E-state index in [4.69, 9.17) is 5.73 Å². The number of piperazine rings is 1. The summed E-state index contributed by atoms with van der Waals surface area (Å²) in [6.45, 7) is 9.37. The van der Waals surface area contributed by atoms with Gasteiger partial charge in [0.15, 0.2) is 5.78 Å². The molecule has 1 heterocycles. The fourth-order valence-electron chi connectivity index (χ4n) is 3.11. The maximum atomic E-state index is 12.5. The summed E-state index contributed by atoms with van der Waals surface area (Å²) in [4.78, 5) is 40.7. The van der Waals surface area contributed by atoms with E-state index in [9.17, 15) is 14.4 Å². The monoisotopic (exact) mass is 374 g/mol. The van der Waals surface area contributed by atoms with Gasteiger partial charge < -0.3 is 16.0 Å². The van der Waals surface area contributed by atoms with Crippen LogP contribution >= 0.6 is 0 Å². The minimum atomic E-state index is -0.468. The molecule has 0 bridgehead atoms. The molecule has 0 aliphatic carbocycles. The Balaban J connectivity index is 1.83. The number of nitrogens with zero attached hydrogens (tertiary/aromatic N) is 2. The van der Waals surface area contributed by atoms with E-state index >= 15 is 0 Å². The second kappa shape index (κ2) is 9.62. The van der Waals surface area contributed by atoms with Crippen LogP contribution in [0.3, 0.4) is 0 Å². The smallest absolute Gasteiger partial charge is 0.252 e. The van der Waals surface area contributed by atoms with E-state index in [1.165, 1.54) is 0 Å². The van der Waals surface area contributed by atoms with Crippen molar-refractivity contribution in [3.8, 4) is 0 Å². The van der Waals surface area contributed by atoms with Crippen molar-refractivity contribution in [1.29, 1.82) is 0 Å². The highest BCUT2D eigenvalue weighted by Crippen LogP contribution is 2.14. The van der Waals surface area contributed by atoms with E-state index in [-0.39, 0.29) is 23.5 Å². The normalized spacial score (nSPS) is 16.3. The number of rotatable bonds is 7. The predicted molar refractivity (Wildman–Crippen MR) is 105 cm³/mol. The first-order chi connectivity index (χ1) is 12.8. The molecular formula is C20H30N4O3. The lowest BCUT2D eigenvalue weighted by molar-refractivity contribution is -0.133. The van der Waals surface area contributed by atoms with E-state index in [0.717, 1.165) is 13.1 Å². The largest absolute Gasteiger partial charge is 0.351 e. The number of nitrogens with two attached hydrogens (primary N) is 1. The quantitative estimate of drug-likeness (QED) is 0.687. The number of carbonyl (C=O) groups excluding carboxylic acids is 3. The molecular weight excluding hydrogens is 344 g/mol. The van der Waals surface area contributed by atoms with Crippen molar-refractivity contribution >= 4 is 17.6 Å². The number of hydrogen-bond donors (Lipinski definition) is 2. The second-order valence-electron chi connectivity index (χ2n) is 7.28. The van der Waals surface area contributed by atoms with Gasteiger partial charge in [-0.2, -0.15) is 0 Å². The summed E-state index contributed by atoms with van der Waals surface area (Å²) in [5, 5.41) is 2.90. The number of benzene rings is 1. The van der Waals surface area contributed by atoms with E-state index in [0.29, 0.717) is 37.3 Å². The summed E-state index contributed by atoms with van der Waals surface area (Å²) in [7, 11) is 0. The third-order valence-corrected chi connectivity index (χ3v) is 4.75. The van der Waals surface area contributed by atoms with Crippen LogP contribution in [0.25, 0.3) is 0 Å². The highest BCUT2D eigenvalue weighted by Gasteiger charge is 2.23. The van der Waals surface area contributed by atoms with E-state index in [1.807, 2.05) is 13.8 Å². The van der Waals surface area contributed by atoms with Crippen LogP contribution < -0.4 is 11.1 Å². The van der Waals surface area contributed by atoms with Crippen LogP contribution in [0, 0.1) is 5.92 Å². The Morgan fingerprint density at radius 3 is 2.19 bits per heavy atom. The molecule has 3 N–H and O–H groups in total. The van der Waals surface area contributed by atoms with Crippen molar-refractivity contribution in [1.82, 2.24) is 15.1 Å². The number of ketones is 1. The van der Waals surface area contributed by atoms with Crippen LogP contribution in [0.5, 0.6) is 0 Å². The number of Topliss-reactive ketones (excluding diaryl/α,β-unsaturated/α-hetero) is 1. The molecule has 1 saturated heterocycles. The highest BCUT2D eigenvalue weighted by atomic mass is 16.2. The molecule has 148 valence electrons. The Bertz CT molecular complexity index is 680. The Kier molecular flexibility index (Phi) is 7.50. The molecule has 2 rings (SSSR count). The van der Waals surface area contributed by atoms with Crippen LogP contribution in [0.15, 0.2) is 24.3 Å². The minimum absolute atomic E-state index is 0.0191. The average Bonchev–Trinajstić information content (AvgIpc) is 2.67. The lowest BCUT2D eigenvalue weighted by Crippen LogP contribution is -2.53. The molecule has 0 spiro atoms. The molecule has 0 aromatic heterocycles. The van der Waals surface area contributed by atoms with Crippen molar-refractivity contribution in [2.24, 2.45) is 11.7 Å². The third-order valence-electron chi connectivity index (χ3n) is 4.75. The molecule has 1 aromatic rings. The number of amides is 2. The first-order valence-corrected chi connectivity index (χ1v) is 9.49. The standard InChI is InChI=1S/C20H30N4O3/c1-14(2)18(25)16-6-4-5-7-17(16)19(26)22-8-9-23-10-12-24(13-11-23)20(27)15(3)21/h4-7,14-15H,8-13,21H2,1-3H3,(H,22,26). The number of hydrogen-bond acceptors (Lipinski definition) is 5. The second-order valence-corrected chi connectivity index (χ2v) is 7.28. The van der Waals surface area contributed by atoms with Gasteiger partial charge in [-0.15, -0.1) is 0 Å². The Hall–Kier alpha value is -2.25. The molecule has 2 amide bonds. The zero-order chi connectivity index (χ0) is 20.0. The predicted octanol–water partition coefficient (Wildman–Crippen LogP) is 0.747. The molecule has 7 heteroatoms. The van der Waals surface area contributed by atoms with Gasteiger partial charge in [0.05, 0.1) is 11.6 Å². The van der Waals surface area contributed by atoms with Crippen LogP contribution in [0.1, 0.15) is 41.5 Å². The van der Waals surface area contributed by atoms with Crippen LogP contribution in [0.2, 0.25) is 0 Å². The van der Waals surface area contributed by atoms with Crippen LogP contribution in [-0.2, 0) is 4.79 Å². The average molecular weight is 374 g/mol. The molecule has 0 radical (unpaired) electrons. The third kappa shape index (κ3) is 5.61. The molecule has 1 unspecified atom stereocenters. The van der Waals surface area contributed by atoms with Crippen molar-refractivity contribution in [3.05, 3.63) is 35.4 Å². The molecule has 7 nitrogen and oxygen atoms in total. The molecule has 1 aliphatic heterocycles. The fourth-order valence-corrected chi connectivity index (χ4v) is 3.11. The summed E-state index contributed by atoms with van der Waals surface area (Å²) in [6.07, 6.45) is 0. The van der Waals surface area contributed by atoms with Gasteiger partial charge in [-0.25, -0.2) is 0 Å². The van der Waals surface area contributed by atoms with Gasteiger partial charge in [0.1, 0.15) is 0 Å². The van der Waals surface area contributed by atoms with E-state index < -0.39 is 6.04 Å². The Labute approximate surface area is 160 Å². The summed E-state index contributed by atoms with van der Waals surface area (Å²) in [5.74, 6) is -0.440. The summed E-state index contributed by atoms with van der Waals surface area (Å²) >= 11 is 0. The van der Waals surface area contributed by atoms with Gasteiger partial charge in [-0.05, 0) is 13.0 Å². The summed E-state index contributed by atoms with van der Waals surface area (Å²) in [5.41, 5.74) is 6.53. The van der Waals surface area contributed by atoms with Crippen LogP contribution in [-0.4, -0.2) is 72.7 Å². The highest BCUT2D eigenvalue weighted by molar-refractivity contribution is 6.08. The van der Waals surface area contributed by atoms with Crippen molar-refractivity contribution in [2.75, 3.05) is 39.3 Å². The molecule has 1 atom stereocenters. The van der Waals surface area contributed by atoms with E-state index in [2.05, 4.69) is 10.2 Å². The maximum Gasteiger partial charge on any atom is 0.252 e. The maximum absolute atomic E-state index is 12.5. The SMILES string of the molecule is CC(C)C(=O)c1ccccc1C(=O)NCCN1CCN(C(=O)C(C)N)CC1. The van der Waals surface area contributed by atoms with Gasteiger partial charge in [-0.3, -0.25) is 19.3 Å². The van der Waals surface area contributed by atoms with Crippen molar-refractivity contribution in [2.45, 2.75) is 26.8 Å². The number of carbonyl (C=O) groups is 3. The topological polar surface area (TPSA) is 95.7 Å². The van der Waals surface area contributed by atoms with Crippen molar-refractivity contribution in [3.63, 3.8) is 0 Å². The molecule has 1 fully saturated rings. The first kappa shape index (κ1) is 21.1. The zero-order valence-electron chi connectivity index (χ0n) is 16.4. The van der Waals surface area contributed by atoms with Gasteiger partial charge in [0.2, 0.25) is 5.91 Å². The minimum Gasteiger partial charge on any atom is -0.351 e. The van der Waals surface area contributed by atoms with E-state index in [1.54, 1.807) is 36.1 Å². The lowest BCUT2D eigenvalue weighted by atomic mass is 9.96. The van der Waals surface area contributed by atoms with Gasteiger partial charge >= 0.3 is 0 Å².